The van der Waals surface area contributed by atoms with Crippen LogP contribution in [0.5, 0.6) is 0 Å². The quantitative estimate of drug-likeness (QED) is 0.868. The van der Waals surface area contributed by atoms with Crippen molar-refractivity contribution in [2.75, 3.05) is 0 Å². The highest BCUT2D eigenvalue weighted by Crippen LogP contribution is 2.31. The highest BCUT2D eigenvalue weighted by Gasteiger charge is 2.51. The number of hydrogen-bond acceptors (Lipinski definition) is 4. The fourth-order valence-corrected chi connectivity index (χ4v) is 1.84. The summed E-state index contributed by atoms with van der Waals surface area (Å²) in [5.74, 6) is -3.00. The number of benzene rings is 1. The van der Waals surface area contributed by atoms with E-state index in [1.54, 1.807) is 0 Å². The van der Waals surface area contributed by atoms with Gasteiger partial charge in [0, 0.05) is 11.6 Å². The molecule has 1 aromatic rings. The van der Waals surface area contributed by atoms with Gasteiger partial charge in [-0.15, -0.1) is 0 Å². The van der Waals surface area contributed by atoms with Crippen molar-refractivity contribution in [2.24, 2.45) is 5.16 Å². The molecule has 0 bridgehead atoms. The summed E-state index contributed by atoms with van der Waals surface area (Å²) in [7, 11) is 0. The van der Waals surface area contributed by atoms with Gasteiger partial charge in [-0.1, -0.05) is 5.16 Å². The summed E-state index contributed by atoms with van der Waals surface area (Å²) in [6.07, 6.45) is -1.60. The Morgan fingerprint density at radius 3 is 2.42 bits per heavy atom. The largest absolute Gasteiger partial charge is 0.478 e. The number of carboxylic acids is 1. The molecule has 1 aromatic carbocycles. The molecular weight excluding hydrogens is 260 g/mol. The third kappa shape index (κ3) is 2.28. The summed E-state index contributed by atoms with van der Waals surface area (Å²) in [6.45, 7) is 1.25. The van der Waals surface area contributed by atoms with Gasteiger partial charge in [0.2, 0.25) is 0 Å². The molecular formula is C12H11F2NO4. The predicted octanol–water partition coefficient (Wildman–Crippen LogP) is 1.29. The molecule has 0 saturated carbocycles. The Labute approximate surface area is 107 Å². The fraction of sp³-hybridized carbons (Fsp3) is 0.333. The van der Waals surface area contributed by atoms with E-state index >= 15 is 0 Å². The molecule has 5 nitrogen and oxygen atoms in total. The van der Waals surface area contributed by atoms with Gasteiger partial charge in [-0.25, -0.2) is 13.6 Å². The van der Waals surface area contributed by atoms with E-state index < -0.39 is 29.3 Å². The SMILES string of the molecule is CC(O)C1(C(=O)O)CC(c2cc(F)cc(F)c2)=NO1. The van der Waals surface area contributed by atoms with E-state index in [0.717, 1.165) is 12.1 Å². The highest BCUT2D eigenvalue weighted by atomic mass is 19.1. The standard InChI is InChI=1S/C12H11F2NO4/c1-6(16)12(11(17)18)5-10(15-19-12)7-2-8(13)4-9(14)3-7/h2-4,6,16H,5H2,1H3,(H,17,18). The van der Waals surface area contributed by atoms with Crippen LogP contribution in [0.4, 0.5) is 8.78 Å². The lowest BCUT2D eigenvalue weighted by Gasteiger charge is -2.24. The molecule has 1 aliphatic heterocycles. The van der Waals surface area contributed by atoms with E-state index in [9.17, 15) is 18.7 Å². The average molecular weight is 271 g/mol. The van der Waals surface area contributed by atoms with Crippen molar-refractivity contribution in [1.82, 2.24) is 0 Å². The molecule has 2 unspecified atom stereocenters. The van der Waals surface area contributed by atoms with Crippen LogP contribution in [0.2, 0.25) is 0 Å². The van der Waals surface area contributed by atoms with E-state index in [0.29, 0.717) is 6.07 Å². The molecule has 0 saturated heterocycles. The van der Waals surface area contributed by atoms with Crippen molar-refractivity contribution in [3.8, 4) is 0 Å². The Hall–Kier alpha value is -2.02. The van der Waals surface area contributed by atoms with Crippen LogP contribution in [0.1, 0.15) is 18.9 Å². The molecule has 2 N–H and O–H groups in total. The summed E-state index contributed by atoms with van der Waals surface area (Å²) in [6, 6.07) is 2.73. The lowest BCUT2D eigenvalue weighted by molar-refractivity contribution is -0.176. The summed E-state index contributed by atoms with van der Waals surface area (Å²) in [5, 5.41) is 22.1. The Bertz CT molecular complexity index is 538. The van der Waals surface area contributed by atoms with Crippen LogP contribution in [0.3, 0.4) is 0 Å². The average Bonchev–Trinajstić information content (AvgIpc) is 2.73. The predicted molar refractivity (Wildman–Crippen MR) is 60.6 cm³/mol. The molecule has 1 heterocycles. The van der Waals surface area contributed by atoms with E-state index in [1.807, 2.05) is 0 Å². The van der Waals surface area contributed by atoms with E-state index in [2.05, 4.69) is 5.16 Å². The van der Waals surface area contributed by atoms with Gasteiger partial charge in [-0.05, 0) is 19.1 Å². The molecule has 1 aliphatic rings. The normalized spacial score (nSPS) is 23.7. The third-order valence-electron chi connectivity index (χ3n) is 2.98. The molecule has 19 heavy (non-hydrogen) atoms. The van der Waals surface area contributed by atoms with Gasteiger partial charge in [0.25, 0.3) is 5.60 Å². The Kier molecular flexibility index (Phi) is 3.23. The van der Waals surface area contributed by atoms with Gasteiger partial charge >= 0.3 is 5.97 Å². The molecule has 0 fully saturated rings. The van der Waals surface area contributed by atoms with Crippen molar-refractivity contribution in [3.05, 3.63) is 35.4 Å². The van der Waals surface area contributed by atoms with Crippen molar-refractivity contribution in [3.63, 3.8) is 0 Å². The van der Waals surface area contributed by atoms with Gasteiger partial charge in [-0.2, -0.15) is 0 Å². The molecule has 0 amide bonds. The second kappa shape index (κ2) is 4.58. The summed E-state index contributed by atoms with van der Waals surface area (Å²) in [5.41, 5.74) is -1.76. The zero-order valence-electron chi connectivity index (χ0n) is 9.93. The minimum Gasteiger partial charge on any atom is -0.478 e. The Morgan fingerprint density at radius 2 is 2.00 bits per heavy atom. The zero-order chi connectivity index (χ0) is 14.2. The second-order valence-electron chi connectivity index (χ2n) is 4.33. The van der Waals surface area contributed by atoms with Crippen LogP contribution in [0.15, 0.2) is 23.4 Å². The smallest absolute Gasteiger partial charge is 0.354 e. The van der Waals surface area contributed by atoms with Gasteiger partial charge in [-0.3, -0.25) is 0 Å². The van der Waals surface area contributed by atoms with Gasteiger partial charge in [0.15, 0.2) is 0 Å². The van der Waals surface area contributed by atoms with Crippen LogP contribution in [0, 0.1) is 11.6 Å². The number of rotatable bonds is 3. The molecule has 0 aliphatic carbocycles. The number of carbonyl (C=O) groups is 1. The van der Waals surface area contributed by atoms with Gasteiger partial charge < -0.3 is 15.1 Å². The lowest BCUT2D eigenvalue weighted by atomic mass is 9.90. The number of hydrogen-bond donors (Lipinski definition) is 2. The van der Waals surface area contributed by atoms with Crippen molar-refractivity contribution >= 4 is 11.7 Å². The van der Waals surface area contributed by atoms with Crippen LogP contribution in [-0.2, 0) is 9.63 Å². The maximum absolute atomic E-state index is 13.1. The van der Waals surface area contributed by atoms with Crippen LogP contribution >= 0.6 is 0 Å². The number of aliphatic hydroxyl groups is 1. The second-order valence-corrected chi connectivity index (χ2v) is 4.33. The lowest BCUT2D eigenvalue weighted by Crippen LogP contribution is -2.48. The first-order chi connectivity index (χ1) is 8.85. The number of oxime groups is 1. The van der Waals surface area contributed by atoms with Crippen LogP contribution in [0.25, 0.3) is 0 Å². The Morgan fingerprint density at radius 1 is 1.42 bits per heavy atom. The van der Waals surface area contributed by atoms with E-state index in [4.69, 9.17) is 9.94 Å². The molecule has 102 valence electrons. The summed E-state index contributed by atoms with van der Waals surface area (Å²) >= 11 is 0. The van der Waals surface area contributed by atoms with Crippen LogP contribution in [-0.4, -0.2) is 33.6 Å². The Balaban J connectivity index is 2.33. The molecule has 0 spiro atoms. The van der Waals surface area contributed by atoms with Crippen molar-refractivity contribution in [2.45, 2.75) is 25.0 Å². The minimum atomic E-state index is -1.92. The maximum Gasteiger partial charge on any atom is 0.354 e. The first-order valence-corrected chi connectivity index (χ1v) is 5.48. The summed E-state index contributed by atoms with van der Waals surface area (Å²) in [4.78, 5) is 16.0. The monoisotopic (exact) mass is 271 g/mol. The van der Waals surface area contributed by atoms with Crippen LogP contribution < -0.4 is 0 Å². The number of carboxylic acid groups (broad SMARTS) is 1. The van der Waals surface area contributed by atoms with E-state index in [1.165, 1.54) is 6.92 Å². The zero-order valence-corrected chi connectivity index (χ0v) is 9.93. The fourth-order valence-electron chi connectivity index (χ4n) is 1.84. The number of aliphatic carboxylic acids is 1. The van der Waals surface area contributed by atoms with Gasteiger partial charge in [0.05, 0.1) is 12.1 Å². The molecule has 7 heteroatoms. The number of aliphatic hydroxyl groups excluding tert-OH is 1. The minimum absolute atomic E-state index is 0.0710. The topological polar surface area (TPSA) is 79.1 Å². The highest BCUT2D eigenvalue weighted by molar-refractivity contribution is 6.04. The van der Waals surface area contributed by atoms with Crippen molar-refractivity contribution in [1.29, 1.82) is 0 Å². The summed E-state index contributed by atoms with van der Waals surface area (Å²) < 4.78 is 26.2. The maximum atomic E-state index is 13.1. The van der Waals surface area contributed by atoms with Gasteiger partial charge in [0.1, 0.15) is 17.7 Å². The number of nitrogens with zero attached hydrogens (tertiary/aromatic N) is 1. The first-order valence-electron chi connectivity index (χ1n) is 5.48. The molecule has 0 radical (unpaired) electrons. The molecule has 2 rings (SSSR count). The van der Waals surface area contributed by atoms with E-state index in [-0.39, 0.29) is 17.7 Å². The third-order valence-corrected chi connectivity index (χ3v) is 2.98. The molecule has 2 atom stereocenters. The van der Waals surface area contributed by atoms with Crippen molar-refractivity contribution < 1.29 is 28.6 Å². The number of halogens is 2. The first kappa shape index (κ1) is 13.4. The molecule has 0 aromatic heterocycles.